The van der Waals surface area contributed by atoms with Crippen LogP contribution in [-0.2, 0) is 16.1 Å². The van der Waals surface area contributed by atoms with Gasteiger partial charge in [-0.15, -0.1) is 0 Å². The van der Waals surface area contributed by atoms with Crippen LogP contribution in [0.5, 0.6) is 11.5 Å². The van der Waals surface area contributed by atoms with E-state index in [9.17, 15) is 9.59 Å². The third kappa shape index (κ3) is 6.47. The summed E-state index contributed by atoms with van der Waals surface area (Å²) in [7, 11) is 1.48. The minimum absolute atomic E-state index is 0.00603. The van der Waals surface area contributed by atoms with Crippen LogP contribution in [-0.4, -0.2) is 25.7 Å². The number of esters is 1. The van der Waals surface area contributed by atoms with Crippen molar-refractivity contribution in [2.24, 2.45) is 5.41 Å². The fourth-order valence-electron chi connectivity index (χ4n) is 1.58. The van der Waals surface area contributed by atoms with Crippen LogP contribution in [0.25, 0.3) is 0 Å². The van der Waals surface area contributed by atoms with Gasteiger partial charge >= 0.3 is 12.1 Å². The molecule has 6 heteroatoms. The van der Waals surface area contributed by atoms with Gasteiger partial charge in [0.25, 0.3) is 0 Å². The van der Waals surface area contributed by atoms with E-state index >= 15 is 0 Å². The average molecular weight is 309 g/mol. The summed E-state index contributed by atoms with van der Waals surface area (Å²) in [5, 5.41) is 2.70. The molecule has 0 spiro atoms. The van der Waals surface area contributed by atoms with Crippen LogP contribution in [0.3, 0.4) is 0 Å². The minimum Gasteiger partial charge on any atom is -0.493 e. The van der Waals surface area contributed by atoms with E-state index in [0.717, 1.165) is 5.56 Å². The molecule has 1 N–H and O–H groups in total. The molecule has 1 rings (SSSR count). The van der Waals surface area contributed by atoms with Gasteiger partial charge in [-0.2, -0.15) is 0 Å². The number of nitrogens with one attached hydrogen (secondary N) is 1. The fraction of sp³-hybridized carbons (Fsp3) is 0.500. The molecule has 1 aromatic carbocycles. The Balaban J connectivity index is 2.59. The number of benzene rings is 1. The number of carbonyl (C=O) groups is 2. The van der Waals surface area contributed by atoms with E-state index in [2.05, 4.69) is 5.32 Å². The molecular formula is C16H23NO5. The lowest BCUT2D eigenvalue weighted by Gasteiger charge is -2.18. The van der Waals surface area contributed by atoms with Crippen molar-refractivity contribution < 1.29 is 23.8 Å². The normalized spacial score (nSPS) is 10.8. The van der Waals surface area contributed by atoms with Crippen molar-refractivity contribution in [1.29, 1.82) is 0 Å². The van der Waals surface area contributed by atoms with Gasteiger partial charge in [-0.05, 0) is 23.1 Å². The number of rotatable bonds is 5. The molecular weight excluding hydrogens is 286 g/mol. The van der Waals surface area contributed by atoms with E-state index in [1.807, 2.05) is 20.8 Å². The molecule has 0 saturated carbocycles. The van der Waals surface area contributed by atoms with Crippen molar-refractivity contribution in [2.75, 3.05) is 13.7 Å². The van der Waals surface area contributed by atoms with Gasteiger partial charge in [0.15, 0.2) is 11.5 Å². The Labute approximate surface area is 130 Å². The van der Waals surface area contributed by atoms with Crippen LogP contribution >= 0.6 is 0 Å². The van der Waals surface area contributed by atoms with Gasteiger partial charge in [-0.1, -0.05) is 26.8 Å². The number of hydrogen-bond donors (Lipinski definition) is 1. The Bertz CT molecular complexity index is 534. The van der Waals surface area contributed by atoms with Gasteiger partial charge in [-0.25, -0.2) is 4.79 Å². The van der Waals surface area contributed by atoms with Crippen LogP contribution in [0, 0.1) is 5.41 Å². The van der Waals surface area contributed by atoms with Crippen LogP contribution in [0.15, 0.2) is 18.2 Å². The molecule has 0 saturated heterocycles. The zero-order valence-corrected chi connectivity index (χ0v) is 13.7. The quantitative estimate of drug-likeness (QED) is 0.668. The number of alkyl carbamates (subject to hydrolysis) is 1. The molecule has 0 aliphatic rings. The largest absolute Gasteiger partial charge is 0.493 e. The third-order valence-electron chi connectivity index (χ3n) is 2.61. The third-order valence-corrected chi connectivity index (χ3v) is 2.61. The second kappa shape index (κ2) is 7.68. The standard InChI is InChI=1S/C16H23NO5/c1-11(18)22-13-7-6-12(8-14(13)20-5)9-21-15(19)17-10-16(2,3)4/h6-8H,9-10H2,1-5H3,(H,17,19). The first-order valence-corrected chi connectivity index (χ1v) is 6.97. The summed E-state index contributed by atoms with van der Waals surface area (Å²) >= 11 is 0. The number of methoxy groups -OCH3 is 1. The summed E-state index contributed by atoms with van der Waals surface area (Å²) in [6, 6.07) is 4.97. The van der Waals surface area contributed by atoms with Gasteiger partial charge < -0.3 is 19.5 Å². The number of hydrogen-bond acceptors (Lipinski definition) is 5. The minimum atomic E-state index is -0.474. The zero-order chi connectivity index (χ0) is 16.8. The molecule has 0 aromatic heterocycles. The van der Waals surface area contributed by atoms with Gasteiger partial charge in [0.1, 0.15) is 6.61 Å². The molecule has 1 amide bonds. The SMILES string of the molecule is COc1cc(COC(=O)NCC(C)(C)C)ccc1OC(C)=O. The lowest BCUT2D eigenvalue weighted by atomic mass is 9.97. The van der Waals surface area contributed by atoms with Crippen molar-refractivity contribution in [3.63, 3.8) is 0 Å². The lowest BCUT2D eigenvalue weighted by molar-refractivity contribution is -0.132. The summed E-state index contributed by atoms with van der Waals surface area (Å²) in [4.78, 5) is 22.6. The zero-order valence-electron chi connectivity index (χ0n) is 13.7. The van der Waals surface area contributed by atoms with E-state index in [1.165, 1.54) is 14.0 Å². The Morgan fingerprint density at radius 1 is 1.18 bits per heavy atom. The predicted octanol–water partition coefficient (Wildman–Crippen LogP) is 2.89. The maximum absolute atomic E-state index is 11.6. The summed E-state index contributed by atoms with van der Waals surface area (Å²) < 4.78 is 15.3. The molecule has 0 fully saturated rings. The summed E-state index contributed by atoms with van der Waals surface area (Å²) in [6.45, 7) is 8.01. The van der Waals surface area contributed by atoms with Gasteiger partial charge in [-0.3, -0.25) is 4.79 Å². The van der Waals surface area contributed by atoms with Crippen molar-refractivity contribution in [1.82, 2.24) is 5.32 Å². The second-order valence-corrected chi connectivity index (χ2v) is 6.07. The van der Waals surface area contributed by atoms with Crippen LogP contribution < -0.4 is 14.8 Å². The van der Waals surface area contributed by atoms with E-state index in [4.69, 9.17) is 14.2 Å². The average Bonchev–Trinajstić information content (AvgIpc) is 2.42. The van der Waals surface area contributed by atoms with Crippen LogP contribution in [0.1, 0.15) is 33.3 Å². The molecule has 0 aliphatic carbocycles. The Kier molecular flexibility index (Phi) is 6.22. The molecule has 0 heterocycles. The van der Waals surface area contributed by atoms with Crippen LogP contribution in [0.2, 0.25) is 0 Å². The maximum Gasteiger partial charge on any atom is 0.407 e. The summed E-state index contributed by atoms with van der Waals surface area (Å²) in [5.74, 6) is 0.311. The molecule has 0 unspecified atom stereocenters. The summed E-state index contributed by atoms with van der Waals surface area (Å²) in [6.07, 6.45) is -0.474. The Morgan fingerprint density at radius 2 is 1.86 bits per heavy atom. The molecule has 22 heavy (non-hydrogen) atoms. The van der Waals surface area contributed by atoms with Crippen molar-refractivity contribution in [3.8, 4) is 11.5 Å². The molecule has 6 nitrogen and oxygen atoms in total. The monoisotopic (exact) mass is 309 g/mol. The molecule has 0 aliphatic heterocycles. The smallest absolute Gasteiger partial charge is 0.407 e. The first-order valence-electron chi connectivity index (χ1n) is 6.97. The van der Waals surface area contributed by atoms with Crippen LogP contribution in [0.4, 0.5) is 4.79 Å². The van der Waals surface area contributed by atoms with Gasteiger partial charge in [0.2, 0.25) is 0 Å². The highest BCUT2D eigenvalue weighted by Crippen LogP contribution is 2.28. The molecule has 0 bridgehead atoms. The topological polar surface area (TPSA) is 73.9 Å². The van der Waals surface area contributed by atoms with E-state index in [0.29, 0.717) is 18.0 Å². The number of ether oxygens (including phenoxy) is 3. The van der Waals surface area contributed by atoms with E-state index < -0.39 is 12.1 Å². The van der Waals surface area contributed by atoms with Gasteiger partial charge in [0.05, 0.1) is 7.11 Å². The first kappa shape index (κ1) is 17.8. The molecule has 1 aromatic rings. The fourth-order valence-corrected chi connectivity index (χ4v) is 1.58. The van der Waals surface area contributed by atoms with Crippen molar-refractivity contribution in [2.45, 2.75) is 34.3 Å². The molecule has 0 radical (unpaired) electrons. The highest BCUT2D eigenvalue weighted by molar-refractivity contribution is 5.70. The Hall–Kier alpha value is -2.24. The van der Waals surface area contributed by atoms with Gasteiger partial charge in [0, 0.05) is 13.5 Å². The number of amides is 1. The number of carbonyl (C=O) groups excluding carboxylic acids is 2. The lowest BCUT2D eigenvalue weighted by Crippen LogP contribution is -2.32. The Morgan fingerprint density at radius 3 is 2.41 bits per heavy atom. The summed E-state index contributed by atoms with van der Waals surface area (Å²) in [5.41, 5.74) is 0.729. The maximum atomic E-state index is 11.6. The van der Waals surface area contributed by atoms with Crippen molar-refractivity contribution in [3.05, 3.63) is 23.8 Å². The first-order chi connectivity index (χ1) is 10.2. The van der Waals surface area contributed by atoms with Crippen molar-refractivity contribution >= 4 is 12.1 Å². The van der Waals surface area contributed by atoms with E-state index in [1.54, 1.807) is 18.2 Å². The highest BCUT2D eigenvalue weighted by Gasteiger charge is 2.13. The second-order valence-electron chi connectivity index (χ2n) is 6.07. The predicted molar refractivity (Wildman–Crippen MR) is 81.9 cm³/mol. The molecule has 122 valence electrons. The molecule has 0 atom stereocenters. The highest BCUT2D eigenvalue weighted by atomic mass is 16.6. The van der Waals surface area contributed by atoms with E-state index in [-0.39, 0.29) is 12.0 Å².